The highest BCUT2D eigenvalue weighted by Crippen LogP contribution is 2.29. The molecule has 27 heavy (non-hydrogen) atoms. The van der Waals surface area contributed by atoms with Gasteiger partial charge in [0.25, 0.3) is 0 Å². The first-order valence-electron chi connectivity index (χ1n) is 8.72. The van der Waals surface area contributed by atoms with Crippen LogP contribution in [0.15, 0.2) is 24.3 Å². The van der Waals surface area contributed by atoms with Gasteiger partial charge < -0.3 is 10.6 Å². The Morgan fingerprint density at radius 1 is 1.26 bits per heavy atom. The van der Waals surface area contributed by atoms with Crippen molar-refractivity contribution in [3.8, 4) is 0 Å². The van der Waals surface area contributed by atoms with Crippen molar-refractivity contribution in [2.45, 2.75) is 32.1 Å². The number of rotatable bonds is 5. The summed E-state index contributed by atoms with van der Waals surface area (Å²) < 4.78 is 37.8. The van der Waals surface area contributed by atoms with Gasteiger partial charge in [0.2, 0.25) is 5.91 Å². The Morgan fingerprint density at radius 2 is 1.89 bits per heavy atom. The first-order chi connectivity index (χ1) is 11.8. The monoisotopic (exact) mass is 427 g/mol. The van der Waals surface area contributed by atoms with Gasteiger partial charge in [-0.25, -0.2) is 0 Å². The van der Waals surface area contributed by atoms with Crippen LogP contribution in [0.3, 0.4) is 0 Å². The number of alkyl halides is 3. The van der Waals surface area contributed by atoms with E-state index < -0.39 is 11.7 Å². The predicted molar refractivity (Wildman–Crippen MR) is 103 cm³/mol. The standard InChI is InChI=1S/C18H24F3N3O.2ClH/c1-12(14-8-22-9-14)17(25)23-16-6-7-24(11-16)10-13-2-4-15(5-3-13)18(19,20)21;;/h2-5,12,14,16,22H,6-11H2,1H3,(H,23,25);2*1H. The third-order valence-electron chi connectivity index (χ3n) is 5.24. The number of nitrogens with zero attached hydrogens (tertiary/aromatic N) is 1. The van der Waals surface area contributed by atoms with Crippen molar-refractivity contribution in [3.63, 3.8) is 0 Å². The molecule has 2 N–H and O–H groups in total. The van der Waals surface area contributed by atoms with Crippen LogP contribution in [0.2, 0.25) is 0 Å². The Morgan fingerprint density at radius 3 is 2.41 bits per heavy atom. The average molecular weight is 428 g/mol. The Kier molecular flexibility index (Phi) is 8.86. The molecular weight excluding hydrogens is 402 g/mol. The summed E-state index contributed by atoms with van der Waals surface area (Å²) in [7, 11) is 0. The zero-order valence-corrected chi connectivity index (χ0v) is 16.7. The second-order valence-corrected chi connectivity index (χ2v) is 7.13. The maximum Gasteiger partial charge on any atom is 0.416 e. The fourth-order valence-corrected chi connectivity index (χ4v) is 3.36. The van der Waals surface area contributed by atoms with Crippen molar-refractivity contribution in [1.29, 1.82) is 0 Å². The van der Waals surface area contributed by atoms with E-state index in [1.807, 2.05) is 6.92 Å². The van der Waals surface area contributed by atoms with Gasteiger partial charge in [0.05, 0.1) is 5.56 Å². The molecule has 4 nitrogen and oxygen atoms in total. The molecular formula is C18H26Cl2F3N3O. The quantitative estimate of drug-likeness (QED) is 0.758. The van der Waals surface area contributed by atoms with Gasteiger partial charge in [-0.15, -0.1) is 24.8 Å². The van der Waals surface area contributed by atoms with E-state index in [1.54, 1.807) is 0 Å². The number of halogens is 5. The van der Waals surface area contributed by atoms with E-state index in [4.69, 9.17) is 0 Å². The first kappa shape index (κ1) is 24.0. The van der Waals surface area contributed by atoms with Gasteiger partial charge in [0, 0.05) is 31.6 Å². The molecule has 0 aliphatic carbocycles. The molecule has 2 aliphatic rings. The van der Waals surface area contributed by atoms with Crippen LogP contribution in [-0.2, 0) is 17.5 Å². The number of hydrogen-bond donors (Lipinski definition) is 2. The number of nitrogens with one attached hydrogen (secondary N) is 2. The molecule has 2 heterocycles. The summed E-state index contributed by atoms with van der Waals surface area (Å²) >= 11 is 0. The minimum atomic E-state index is -4.30. The van der Waals surface area contributed by atoms with Crippen LogP contribution in [0.25, 0.3) is 0 Å². The fourth-order valence-electron chi connectivity index (χ4n) is 3.36. The molecule has 2 aliphatic heterocycles. The van der Waals surface area contributed by atoms with Gasteiger partial charge in [0.1, 0.15) is 0 Å². The van der Waals surface area contributed by atoms with Gasteiger partial charge in [-0.05, 0) is 43.1 Å². The van der Waals surface area contributed by atoms with Crippen LogP contribution >= 0.6 is 24.8 Å². The van der Waals surface area contributed by atoms with Gasteiger partial charge in [-0.3, -0.25) is 9.69 Å². The van der Waals surface area contributed by atoms with Crippen LogP contribution < -0.4 is 10.6 Å². The number of hydrogen-bond acceptors (Lipinski definition) is 3. The summed E-state index contributed by atoms with van der Waals surface area (Å²) in [5.41, 5.74) is 0.233. The Bertz CT molecular complexity index is 609. The van der Waals surface area contributed by atoms with Crippen LogP contribution in [0.5, 0.6) is 0 Å². The second-order valence-electron chi connectivity index (χ2n) is 7.13. The zero-order valence-electron chi connectivity index (χ0n) is 15.1. The van der Waals surface area contributed by atoms with Crippen molar-refractivity contribution in [2.24, 2.45) is 11.8 Å². The minimum absolute atomic E-state index is 0. The van der Waals surface area contributed by atoms with E-state index in [0.29, 0.717) is 12.5 Å². The zero-order chi connectivity index (χ0) is 18.0. The Labute approximate surface area is 170 Å². The summed E-state index contributed by atoms with van der Waals surface area (Å²) in [5, 5.41) is 6.29. The topological polar surface area (TPSA) is 44.4 Å². The lowest BCUT2D eigenvalue weighted by Gasteiger charge is -2.32. The maximum atomic E-state index is 12.6. The molecule has 1 aromatic rings. The van der Waals surface area contributed by atoms with Crippen LogP contribution in [0.4, 0.5) is 13.2 Å². The van der Waals surface area contributed by atoms with E-state index in [1.165, 1.54) is 12.1 Å². The molecule has 0 saturated carbocycles. The molecule has 0 aromatic heterocycles. The lowest BCUT2D eigenvalue weighted by molar-refractivity contribution is -0.137. The fraction of sp³-hybridized carbons (Fsp3) is 0.611. The lowest BCUT2D eigenvalue weighted by atomic mass is 9.88. The highest BCUT2D eigenvalue weighted by molar-refractivity contribution is 5.85. The number of carbonyl (C=O) groups is 1. The summed E-state index contributed by atoms with van der Waals surface area (Å²) in [4.78, 5) is 14.4. The van der Waals surface area contributed by atoms with Crippen molar-refractivity contribution in [2.75, 3.05) is 26.2 Å². The predicted octanol–water partition coefficient (Wildman–Crippen LogP) is 3.10. The van der Waals surface area contributed by atoms with Crippen molar-refractivity contribution >= 4 is 30.7 Å². The summed E-state index contributed by atoms with van der Waals surface area (Å²) in [5.74, 6) is 0.544. The molecule has 154 valence electrons. The average Bonchev–Trinajstić information content (AvgIpc) is 2.92. The molecule has 2 fully saturated rings. The van der Waals surface area contributed by atoms with Crippen molar-refractivity contribution < 1.29 is 18.0 Å². The maximum absolute atomic E-state index is 12.6. The molecule has 1 amide bonds. The highest BCUT2D eigenvalue weighted by atomic mass is 35.5. The van der Waals surface area contributed by atoms with Crippen LogP contribution in [-0.4, -0.2) is 43.0 Å². The molecule has 2 atom stereocenters. The van der Waals surface area contributed by atoms with E-state index in [9.17, 15) is 18.0 Å². The number of amides is 1. The van der Waals surface area contributed by atoms with E-state index in [2.05, 4.69) is 15.5 Å². The SMILES string of the molecule is CC(C(=O)NC1CCN(Cc2ccc(C(F)(F)F)cc2)C1)C1CNC1.Cl.Cl. The molecule has 0 bridgehead atoms. The van der Waals surface area contributed by atoms with Gasteiger partial charge in [-0.2, -0.15) is 13.2 Å². The van der Waals surface area contributed by atoms with Crippen LogP contribution in [0.1, 0.15) is 24.5 Å². The first-order valence-corrected chi connectivity index (χ1v) is 8.72. The van der Waals surface area contributed by atoms with Gasteiger partial charge in [0.15, 0.2) is 0 Å². The number of carbonyl (C=O) groups excluding carboxylic acids is 1. The molecule has 9 heteroatoms. The van der Waals surface area contributed by atoms with Gasteiger partial charge >= 0.3 is 6.18 Å². The molecule has 3 rings (SSSR count). The third-order valence-corrected chi connectivity index (χ3v) is 5.24. The molecule has 1 aromatic carbocycles. The largest absolute Gasteiger partial charge is 0.416 e. The number of benzene rings is 1. The van der Waals surface area contributed by atoms with Crippen LogP contribution in [0, 0.1) is 11.8 Å². The summed E-state index contributed by atoms with van der Waals surface area (Å²) in [6.45, 7) is 5.95. The van der Waals surface area contributed by atoms with Crippen molar-refractivity contribution in [1.82, 2.24) is 15.5 Å². The Balaban J connectivity index is 0.00000182. The normalized spacial score (nSPS) is 21.6. The molecule has 0 radical (unpaired) electrons. The number of likely N-dealkylation sites (tertiary alicyclic amines) is 1. The lowest BCUT2D eigenvalue weighted by Crippen LogP contribution is -2.51. The second kappa shape index (κ2) is 9.96. The minimum Gasteiger partial charge on any atom is -0.352 e. The third kappa shape index (κ3) is 6.24. The Hall–Kier alpha value is -1.02. The summed E-state index contributed by atoms with van der Waals surface area (Å²) in [6.07, 6.45) is -3.42. The van der Waals surface area contributed by atoms with Crippen molar-refractivity contribution in [3.05, 3.63) is 35.4 Å². The van der Waals surface area contributed by atoms with E-state index in [-0.39, 0.29) is 42.7 Å². The van der Waals surface area contributed by atoms with E-state index in [0.717, 1.165) is 50.3 Å². The van der Waals surface area contributed by atoms with Gasteiger partial charge in [-0.1, -0.05) is 19.1 Å². The summed E-state index contributed by atoms with van der Waals surface area (Å²) in [6, 6.07) is 5.43. The van der Waals surface area contributed by atoms with E-state index >= 15 is 0 Å². The molecule has 2 unspecified atom stereocenters. The molecule has 2 saturated heterocycles. The smallest absolute Gasteiger partial charge is 0.352 e. The highest BCUT2D eigenvalue weighted by Gasteiger charge is 2.32. The molecule has 0 spiro atoms.